The molecule has 0 bridgehead atoms. The quantitative estimate of drug-likeness (QED) is 0.844. The average Bonchev–Trinajstić information content (AvgIpc) is 2.88. The third-order valence-corrected chi connectivity index (χ3v) is 6.24. The molecule has 0 amide bonds. The molecule has 3 atom stereocenters. The van der Waals surface area contributed by atoms with Crippen molar-refractivity contribution in [3.63, 3.8) is 0 Å². The van der Waals surface area contributed by atoms with E-state index in [1.807, 2.05) is 12.1 Å². The smallest absolute Gasteiger partial charge is 0.305 e. The van der Waals surface area contributed by atoms with Gasteiger partial charge in [0.1, 0.15) is 0 Å². The van der Waals surface area contributed by atoms with Crippen molar-refractivity contribution in [1.82, 2.24) is 19.0 Å². The molecule has 1 saturated carbocycles. The Labute approximate surface area is 149 Å². The Kier molecular flexibility index (Phi) is 3.27. The van der Waals surface area contributed by atoms with Gasteiger partial charge < -0.3 is 4.90 Å². The van der Waals surface area contributed by atoms with Gasteiger partial charge >= 0.3 is 5.69 Å². The molecule has 138 valence electrons. The van der Waals surface area contributed by atoms with Gasteiger partial charge in [-0.3, -0.25) is 9.13 Å². The monoisotopic (exact) mass is 360 g/mol. The lowest BCUT2D eigenvalue weighted by atomic mass is 9.99. The zero-order valence-corrected chi connectivity index (χ0v) is 15.0. The van der Waals surface area contributed by atoms with E-state index in [4.69, 9.17) is 4.98 Å². The van der Waals surface area contributed by atoms with Crippen molar-refractivity contribution in [3.8, 4) is 0 Å². The number of allylic oxidation sites excluding steroid dienone is 1. The van der Waals surface area contributed by atoms with Crippen LogP contribution in [0.25, 0.3) is 16.7 Å². The number of alkyl halides is 2. The van der Waals surface area contributed by atoms with E-state index in [2.05, 4.69) is 18.0 Å². The van der Waals surface area contributed by atoms with Crippen molar-refractivity contribution in [3.05, 3.63) is 34.4 Å². The number of imidazole rings is 1. The Bertz CT molecular complexity index is 989. The minimum Gasteiger partial charge on any atom is -0.305 e. The third-order valence-electron chi connectivity index (χ3n) is 6.24. The number of aromatic nitrogens is 3. The van der Waals surface area contributed by atoms with Crippen LogP contribution >= 0.6 is 0 Å². The molecule has 0 radical (unpaired) electrons. The van der Waals surface area contributed by atoms with Crippen LogP contribution in [0.3, 0.4) is 0 Å². The van der Waals surface area contributed by atoms with Gasteiger partial charge in [0, 0.05) is 39.0 Å². The van der Waals surface area contributed by atoms with E-state index in [9.17, 15) is 13.6 Å². The fraction of sp³-hybridized carbons (Fsp3) is 0.579. The Morgan fingerprint density at radius 1 is 1.27 bits per heavy atom. The first-order valence-corrected chi connectivity index (χ1v) is 9.17. The van der Waals surface area contributed by atoms with Crippen LogP contribution in [-0.4, -0.2) is 45.1 Å². The first kappa shape index (κ1) is 16.2. The first-order chi connectivity index (χ1) is 12.3. The van der Waals surface area contributed by atoms with Gasteiger partial charge in [-0.1, -0.05) is 6.08 Å². The highest BCUT2D eigenvalue weighted by Gasteiger charge is 2.57. The summed E-state index contributed by atoms with van der Waals surface area (Å²) in [6.45, 7) is 2.25. The number of rotatable bonds is 3. The van der Waals surface area contributed by atoms with Gasteiger partial charge in [-0.25, -0.2) is 18.6 Å². The predicted octanol–water partition coefficient (Wildman–Crippen LogP) is 2.36. The summed E-state index contributed by atoms with van der Waals surface area (Å²) in [6, 6.07) is 3.79. The lowest BCUT2D eigenvalue weighted by Crippen LogP contribution is -2.23. The van der Waals surface area contributed by atoms with E-state index in [1.165, 1.54) is 14.7 Å². The second-order valence-electron chi connectivity index (χ2n) is 8.19. The Morgan fingerprint density at radius 3 is 2.73 bits per heavy atom. The molecule has 2 aromatic rings. The summed E-state index contributed by atoms with van der Waals surface area (Å²) in [5.41, 5.74) is 3.09. The van der Waals surface area contributed by atoms with Gasteiger partial charge in [-0.2, -0.15) is 0 Å². The van der Waals surface area contributed by atoms with Crippen LogP contribution < -0.4 is 5.69 Å². The van der Waals surface area contributed by atoms with Crippen LogP contribution in [-0.2, 0) is 13.6 Å². The molecule has 3 aliphatic rings. The topological polar surface area (TPSA) is 43.1 Å². The second kappa shape index (κ2) is 5.25. The summed E-state index contributed by atoms with van der Waals surface area (Å²) >= 11 is 0. The number of fused-ring (bicyclic) bond motifs is 2. The number of likely N-dealkylation sites (tertiary alicyclic amines) is 1. The van der Waals surface area contributed by atoms with E-state index in [-0.39, 0.29) is 18.7 Å². The zero-order chi connectivity index (χ0) is 18.2. The minimum absolute atomic E-state index is 0.0589. The van der Waals surface area contributed by atoms with Crippen molar-refractivity contribution in [2.45, 2.75) is 25.3 Å². The first-order valence-electron chi connectivity index (χ1n) is 9.17. The molecule has 5 rings (SSSR count). The highest BCUT2D eigenvalue weighted by atomic mass is 19.3. The molecule has 2 aromatic heterocycles. The summed E-state index contributed by atoms with van der Waals surface area (Å²) in [5.74, 6) is -2.13. The molecule has 1 saturated heterocycles. The number of nitrogens with zero attached hydrogens (tertiary/aromatic N) is 4. The molecule has 2 aliphatic carbocycles. The summed E-state index contributed by atoms with van der Waals surface area (Å²) in [5, 5.41) is 0. The van der Waals surface area contributed by atoms with Gasteiger partial charge in [0.05, 0.1) is 11.2 Å². The molecular weight excluding hydrogens is 338 g/mol. The molecular formula is C19H22F2N4O. The molecule has 0 aromatic carbocycles. The van der Waals surface area contributed by atoms with Crippen LogP contribution in [0.1, 0.15) is 18.5 Å². The Morgan fingerprint density at radius 2 is 2.04 bits per heavy atom. The third kappa shape index (κ3) is 2.36. The molecule has 7 heteroatoms. The van der Waals surface area contributed by atoms with Crippen LogP contribution in [0.4, 0.5) is 8.78 Å². The maximum atomic E-state index is 13.3. The predicted molar refractivity (Wildman–Crippen MR) is 95.1 cm³/mol. The van der Waals surface area contributed by atoms with E-state index < -0.39 is 11.8 Å². The van der Waals surface area contributed by atoms with Crippen molar-refractivity contribution in [2.75, 3.05) is 20.1 Å². The van der Waals surface area contributed by atoms with Crippen LogP contribution in [0.2, 0.25) is 0 Å². The molecule has 2 fully saturated rings. The minimum atomic E-state index is -2.63. The van der Waals surface area contributed by atoms with E-state index >= 15 is 0 Å². The largest absolute Gasteiger partial charge is 0.330 e. The van der Waals surface area contributed by atoms with Crippen LogP contribution in [0, 0.1) is 17.8 Å². The molecule has 1 aliphatic heterocycles. The van der Waals surface area contributed by atoms with Crippen molar-refractivity contribution >= 4 is 16.7 Å². The highest BCUT2D eigenvalue weighted by Crippen LogP contribution is 2.49. The zero-order valence-electron chi connectivity index (χ0n) is 15.0. The lowest BCUT2D eigenvalue weighted by molar-refractivity contribution is 0.0951. The van der Waals surface area contributed by atoms with Gasteiger partial charge in [0.25, 0.3) is 5.92 Å². The molecule has 0 N–H and O–H groups in total. The molecule has 5 nitrogen and oxygen atoms in total. The van der Waals surface area contributed by atoms with Gasteiger partial charge in [-0.05, 0) is 43.0 Å². The maximum Gasteiger partial charge on any atom is 0.330 e. The number of aryl methyl sites for hydroxylation is 1. The molecule has 0 spiro atoms. The maximum absolute atomic E-state index is 13.3. The number of halogens is 2. The standard InChI is InChI=1S/C19H22F2N4O/c1-23-8-12-5-11(6-13(12)9-23)15-3-4-16-17(22-15)24(2)18(26)25(16)10-14-7-19(14,20)21/h3-5,12-14H,6-10H2,1-2H3. The summed E-state index contributed by atoms with van der Waals surface area (Å²) < 4.78 is 29.5. The van der Waals surface area contributed by atoms with Crippen molar-refractivity contribution < 1.29 is 8.78 Å². The Balaban J connectivity index is 1.50. The molecule has 26 heavy (non-hydrogen) atoms. The van der Waals surface area contributed by atoms with E-state index in [1.54, 1.807) is 7.05 Å². The SMILES string of the molecule is CN1CC2C=C(c3ccc4c(n3)n(C)c(=O)n4CC3CC3(F)F)CC2C1. The van der Waals surface area contributed by atoms with Gasteiger partial charge in [0.2, 0.25) is 0 Å². The van der Waals surface area contributed by atoms with Gasteiger partial charge in [-0.15, -0.1) is 0 Å². The Hall–Kier alpha value is -2.02. The summed E-state index contributed by atoms with van der Waals surface area (Å²) in [7, 11) is 3.81. The van der Waals surface area contributed by atoms with E-state index in [0.29, 0.717) is 23.0 Å². The summed E-state index contributed by atoms with van der Waals surface area (Å²) in [6.07, 6.45) is 3.20. The normalized spacial score (nSPS) is 30.0. The molecule has 3 unspecified atom stereocenters. The van der Waals surface area contributed by atoms with Crippen LogP contribution in [0.5, 0.6) is 0 Å². The highest BCUT2D eigenvalue weighted by molar-refractivity contribution is 5.76. The fourth-order valence-electron chi connectivity index (χ4n) is 4.64. The van der Waals surface area contributed by atoms with Crippen molar-refractivity contribution in [1.29, 1.82) is 0 Å². The van der Waals surface area contributed by atoms with E-state index in [0.717, 1.165) is 25.2 Å². The van der Waals surface area contributed by atoms with Gasteiger partial charge in [0.15, 0.2) is 5.65 Å². The molecule has 3 heterocycles. The lowest BCUT2D eigenvalue weighted by Gasteiger charge is -2.10. The second-order valence-corrected chi connectivity index (χ2v) is 8.19. The number of pyridine rings is 1. The summed E-state index contributed by atoms with van der Waals surface area (Å²) in [4.78, 5) is 19.6. The van der Waals surface area contributed by atoms with Crippen molar-refractivity contribution in [2.24, 2.45) is 24.8 Å². The number of hydrogen-bond acceptors (Lipinski definition) is 3. The average molecular weight is 360 g/mol. The fourth-order valence-corrected chi connectivity index (χ4v) is 4.64. The van der Waals surface area contributed by atoms with Crippen LogP contribution in [0.15, 0.2) is 23.0 Å². The number of hydrogen-bond donors (Lipinski definition) is 0.